The molecule has 2 aromatic heterocycles. The second-order valence-corrected chi connectivity index (χ2v) is 5.79. The molecule has 7 nitrogen and oxygen atoms in total. The lowest BCUT2D eigenvalue weighted by Crippen LogP contribution is -2.20. The minimum atomic E-state index is -1.10. The molecule has 2 heterocycles. The predicted octanol–water partition coefficient (Wildman–Crippen LogP) is 2.89. The summed E-state index contributed by atoms with van der Waals surface area (Å²) in [6.45, 7) is 1.65. The van der Waals surface area contributed by atoms with Gasteiger partial charge < -0.3 is 14.6 Å². The molecule has 0 saturated carbocycles. The van der Waals surface area contributed by atoms with Crippen molar-refractivity contribution in [3.05, 3.63) is 69.3 Å². The molecule has 0 unspecified atom stereocenters. The Hall–Kier alpha value is -3.61. The highest BCUT2D eigenvalue weighted by molar-refractivity contribution is 5.87. The maximum absolute atomic E-state index is 12.6. The summed E-state index contributed by atoms with van der Waals surface area (Å²) in [4.78, 5) is 28.2. The van der Waals surface area contributed by atoms with Crippen LogP contribution in [-0.2, 0) is 0 Å². The van der Waals surface area contributed by atoms with Crippen LogP contribution >= 0.6 is 0 Å². The number of rotatable bonds is 5. The fourth-order valence-corrected chi connectivity index (χ4v) is 2.74. The first-order valence-corrected chi connectivity index (χ1v) is 8.11. The van der Waals surface area contributed by atoms with Gasteiger partial charge in [0.15, 0.2) is 11.5 Å². The van der Waals surface area contributed by atoms with Crippen molar-refractivity contribution in [2.45, 2.75) is 6.92 Å². The average molecular weight is 366 g/mol. The van der Waals surface area contributed by atoms with Gasteiger partial charge in [0.2, 0.25) is 0 Å². The highest BCUT2D eigenvalue weighted by Gasteiger charge is 2.11. The SMILES string of the molecule is COc1cccc(C=Cc2nc3ccc(C(=O)O)cn3c(=O)c2C)c1OC. The summed E-state index contributed by atoms with van der Waals surface area (Å²) in [6, 6.07) is 8.41. The van der Waals surface area contributed by atoms with Crippen LogP contribution in [-0.4, -0.2) is 34.7 Å². The number of nitrogens with zero attached hydrogens (tertiary/aromatic N) is 2. The molecule has 1 N–H and O–H groups in total. The monoisotopic (exact) mass is 366 g/mol. The van der Waals surface area contributed by atoms with Crippen molar-refractivity contribution >= 4 is 23.8 Å². The first-order valence-electron chi connectivity index (χ1n) is 8.11. The number of benzene rings is 1. The van der Waals surface area contributed by atoms with E-state index in [1.165, 1.54) is 22.7 Å². The molecule has 0 saturated heterocycles. The Morgan fingerprint density at radius 3 is 2.59 bits per heavy atom. The number of carboxylic acid groups (broad SMARTS) is 1. The van der Waals surface area contributed by atoms with Gasteiger partial charge in [-0.25, -0.2) is 9.78 Å². The number of fused-ring (bicyclic) bond motifs is 1. The van der Waals surface area contributed by atoms with Crippen molar-refractivity contribution in [2.75, 3.05) is 14.2 Å². The van der Waals surface area contributed by atoms with Crippen LogP contribution in [0.2, 0.25) is 0 Å². The number of aromatic nitrogens is 2. The fraction of sp³-hybridized carbons (Fsp3) is 0.150. The number of hydrogen-bond donors (Lipinski definition) is 1. The van der Waals surface area contributed by atoms with E-state index >= 15 is 0 Å². The van der Waals surface area contributed by atoms with Gasteiger partial charge in [-0.3, -0.25) is 9.20 Å². The minimum absolute atomic E-state index is 0.0233. The van der Waals surface area contributed by atoms with Crippen molar-refractivity contribution < 1.29 is 19.4 Å². The largest absolute Gasteiger partial charge is 0.493 e. The highest BCUT2D eigenvalue weighted by Crippen LogP contribution is 2.31. The number of para-hydroxylation sites is 1. The molecule has 0 bridgehead atoms. The Kier molecular flexibility index (Phi) is 4.94. The van der Waals surface area contributed by atoms with Crippen LogP contribution in [0.1, 0.15) is 27.2 Å². The van der Waals surface area contributed by atoms with Crippen LogP contribution in [0, 0.1) is 6.92 Å². The van der Waals surface area contributed by atoms with Crippen molar-refractivity contribution in [1.29, 1.82) is 0 Å². The van der Waals surface area contributed by atoms with Gasteiger partial charge in [-0.1, -0.05) is 12.1 Å². The van der Waals surface area contributed by atoms with E-state index in [0.29, 0.717) is 28.4 Å². The third kappa shape index (κ3) is 3.39. The van der Waals surface area contributed by atoms with Gasteiger partial charge in [-0.05, 0) is 37.3 Å². The Bertz CT molecular complexity index is 1120. The maximum Gasteiger partial charge on any atom is 0.337 e. The van der Waals surface area contributed by atoms with Crippen molar-refractivity contribution in [2.24, 2.45) is 0 Å². The molecule has 138 valence electrons. The quantitative estimate of drug-likeness (QED) is 0.747. The number of aromatic carboxylic acids is 1. The van der Waals surface area contributed by atoms with Crippen LogP contribution in [0.5, 0.6) is 11.5 Å². The van der Waals surface area contributed by atoms with Crippen molar-refractivity contribution in [3.63, 3.8) is 0 Å². The standard InChI is InChI=1S/C20H18N2O5/c1-12-15(9-7-13-5-4-6-16(26-2)18(13)27-3)21-17-10-8-14(20(24)25)11-22(17)19(12)23/h4-11H,1-3H3,(H,24,25). The first kappa shape index (κ1) is 18.2. The Morgan fingerprint density at radius 1 is 1.15 bits per heavy atom. The number of methoxy groups -OCH3 is 2. The first-order chi connectivity index (χ1) is 13.0. The molecule has 27 heavy (non-hydrogen) atoms. The average Bonchev–Trinajstić information content (AvgIpc) is 2.68. The number of carboxylic acids is 1. The lowest BCUT2D eigenvalue weighted by atomic mass is 10.1. The van der Waals surface area contributed by atoms with E-state index < -0.39 is 5.97 Å². The van der Waals surface area contributed by atoms with E-state index in [0.717, 1.165) is 5.56 Å². The zero-order valence-electron chi connectivity index (χ0n) is 15.1. The molecule has 3 rings (SSSR count). The fourth-order valence-electron chi connectivity index (χ4n) is 2.74. The van der Waals surface area contributed by atoms with E-state index in [1.54, 1.807) is 39.4 Å². The molecule has 0 fully saturated rings. The van der Waals surface area contributed by atoms with Crippen LogP contribution in [0.15, 0.2) is 41.3 Å². The zero-order valence-corrected chi connectivity index (χ0v) is 15.1. The van der Waals surface area contributed by atoms with Crippen LogP contribution in [0.25, 0.3) is 17.8 Å². The smallest absolute Gasteiger partial charge is 0.337 e. The molecule has 0 amide bonds. The second-order valence-electron chi connectivity index (χ2n) is 5.79. The summed E-state index contributed by atoms with van der Waals surface area (Å²) in [6.07, 6.45) is 4.79. The van der Waals surface area contributed by atoms with Crippen LogP contribution in [0.4, 0.5) is 0 Å². The van der Waals surface area contributed by atoms with E-state index in [2.05, 4.69) is 4.98 Å². The van der Waals surface area contributed by atoms with Crippen LogP contribution < -0.4 is 15.0 Å². The lowest BCUT2D eigenvalue weighted by Gasteiger charge is -2.10. The third-order valence-electron chi connectivity index (χ3n) is 4.19. The van der Waals surface area contributed by atoms with Crippen LogP contribution in [0.3, 0.4) is 0 Å². The number of pyridine rings is 1. The van der Waals surface area contributed by atoms with E-state index in [1.807, 2.05) is 12.1 Å². The molecule has 0 aliphatic carbocycles. The molecule has 1 aromatic carbocycles. The highest BCUT2D eigenvalue weighted by atomic mass is 16.5. The van der Waals surface area contributed by atoms with Gasteiger partial charge in [0, 0.05) is 17.3 Å². The van der Waals surface area contributed by atoms with E-state index in [9.17, 15) is 9.59 Å². The molecule has 0 atom stereocenters. The Balaban J connectivity index is 2.10. The lowest BCUT2D eigenvalue weighted by molar-refractivity contribution is 0.0696. The summed E-state index contributed by atoms with van der Waals surface area (Å²) in [5.74, 6) is 0.0807. The zero-order chi connectivity index (χ0) is 19.6. The number of carbonyl (C=O) groups is 1. The summed E-state index contributed by atoms with van der Waals surface area (Å²) in [5.41, 5.74) is 1.75. The molecule has 0 aliphatic rings. The van der Waals surface area contributed by atoms with Gasteiger partial charge in [0.05, 0.1) is 25.5 Å². The summed E-state index contributed by atoms with van der Waals surface area (Å²) >= 11 is 0. The molecule has 0 radical (unpaired) electrons. The van der Waals surface area contributed by atoms with E-state index in [-0.39, 0.29) is 11.1 Å². The van der Waals surface area contributed by atoms with Gasteiger partial charge >= 0.3 is 5.97 Å². The van der Waals surface area contributed by atoms with E-state index in [4.69, 9.17) is 14.6 Å². The molecule has 0 spiro atoms. The van der Waals surface area contributed by atoms with Gasteiger partial charge in [-0.2, -0.15) is 0 Å². The number of ether oxygens (including phenoxy) is 2. The molecule has 7 heteroatoms. The second kappa shape index (κ2) is 7.33. The minimum Gasteiger partial charge on any atom is -0.493 e. The summed E-state index contributed by atoms with van der Waals surface area (Å²) in [7, 11) is 3.12. The van der Waals surface area contributed by atoms with Gasteiger partial charge in [-0.15, -0.1) is 0 Å². The molecular weight excluding hydrogens is 348 g/mol. The predicted molar refractivity (Wildman–Crippen MR) is 102 cm³/mol. The molecule has 3 aromatic rings. The normalized spacial score (nSPS) is 11.1. The maximum atomic E-state index is 12.6. The van der Waals surface area contributed by atoms with Crippen molar-refractivity contribution in [1.82, 2.24) is 9.38 Å². The van der Waals surface area contributed by atoms with Gasteiger partial charge in [0.1, 0.15) is 5.65 Å². The Morgan fingerprint density at radius 2 is 1.93 bits per heavy atom. The topological polar surface area (TPSA) is 90.1 Å². The summed E-state index contributed by atoms with van der Waals surface area (Å²) < 4.78 is 11.9. The van der Waals surface area contributed by atoms with Crippen molar-refractivity contribution in [3.8, 4) is 11.5 Å². The third-order valence-corrected chi connectivity index (χ3v) is 4.19. The molecular formula is C20H18N2O5. The Labute approximate surface area is 155 Å². The van der Waals surface area contributed by atoms with Gasteiger partial charge in [0.25, 0.3) is 5.56 Å². The molecule has 0 aliphatic heterocycles. The summed E-state index contributed by atoms with van der Waals surface area (Å²) in [5, 5.41) is 9.09. The number of hydrogen-bond acceptors (Lipinski definition) is 5.